The Hall–Kier alpha value is -0.840. The van der Waals surface area contributed by atoms with Crippen molar-refractivity contribution in [2.45, 2.75) is 15.8 Å². The molecule has 2 fully saturated rings. The van der Waals surface area contributed by atoms with Gasteiger partial charge in [0.2, 0.25) is 5.91 Å². The predicted molar refractivity (Wildman–Crippen MR) is 76.6 cm³/mol. The maximum Gasteiger partial charge on any atom is 0.313 e. The number of nitrogens with zero attached hydrogens (tertiary/aromatic N) is 3. The first kappa shape index (κ1) is 14.1. The van der Waals surface area contributed by atoms with Gasteiger partial charge < -0.3 is 15.7 Å². The summed E-state index contributed by atoms with van der Waals surface area (Å²) < 4.78 is 0.740. The molecule has 0 aromatic carbocycles. The van der Waals surface area contributed by atoms with Crippen molar-refractivity contribution in [3.63, 3.8) is 0 Å². The Balaban J connectivity index is 1.72. The number of hydrogen-bond donors (Lipinski definition) is 2. The van der Waals surface area contributed by atoms with Gasteiger partial charge in [-0.15, -0.1) is 22.0 Å². The van der Waals surface area contributed by atoms with E-state index in [-0.39, 0.29) is 17.8 Å². The molecule has 1 amide bonds. The molecule has 2 unspecified atom stereocenters. The largest absolute Gasteiger partial charge is 0.481 e. The Kier molecular flexibility index (Phi) is 3.65. The summed E-state index contributed by atoms with van der Waals surface area (Å²) in [4.78, 5) is 25.0. The maximum absolute atomic E-state index is 11.7. The van der Waals surface area contributed by atoms with Crippen molar-refractivity contribution in [3.8, 4) is 0 Å². The summed E-state index contributed by atoms with van der Waals surface area (Å²) in [5.41, 5.74) is 6.37. The third-order valence-electron chi connectivity index (χ3n) is 3.45. The van der Waals surface area contributed by atoms with Crippen LogP contribution in [0.1, 0.15) is 0 Å². The summed E-state index contributed by atoms with van der Waals surface area (Å²) in [5.74, 6) is -0.213. The Morgan fingerprint density at radius 2 is 2.50 bits per heavy atom. The van der Waals surface area contributed by atoms with Gasteiger partial charge >= 0.3 is 5.97 Å². The fraction of sp³-hybridized carbons (Fsp3) is 0.600. The number of carboxylic acids is 1. The molecule has 20 heavy (non-hydrogen) atoms. The molecule has 2 aliphatic rings. The number of nitrogens with two attached hydrogens (primary N) is 1. The molecule has 10 heteroatoms. The number of fused-ring (bicyclic) bond motifs is 1. The van der Waals surface area contributed by atoms with E-state index >= 15 is 0 Å². The molecule has 3 N–H and O–H groups in total. The minimum absolute atomic E-state index is 0.0681. The lowest BCUT2D eigenvalue weighted by Gasteiger charge is -2.52. The molecule has 2 aliphatic heterocycles. The molecule has 0 saturated carbocycles. The van der Waals surface area contributed by atoms with Crippen molar-refractivity contribution >= 4 is 46.7 Å². The summed E-state index contributed by atoms with van der Waals surface area (Å²) in [7, 11) is 0. The number of amides is 1. The van der Waals surface area contributed by atoms with Crippen LogP contribution < -0.4 is 5.73 Å². The van der Waals surface area contributed by atoms with Gasteiger partial charge in [-0.3, -0.25) is 9.59 Å². The fourth-order valence-electron chi connectivity index (χ4n) is 2.23. The van der Waals surface area contributed by atoms with Gasteiger partial charge in [-0.05, 0) is 0 Å². The van der Waals surface area contributed by atoms with Gasteiger partial charge in [0.15, 0.2) is 4.34 Å². The second-order valence-corrected chi connectivity index (χ2v) is 7.93. The zero-order chi connectivity index (χ0) is 14.3. The Morgan fingerprint density at radius 1 is 1.70 bits per heavy atom. The molecule has 0 radical (unpaired) electrons. The van der Waals surface area contributed by atoms with Crippen molar-refractivity contribution in [1.29, 1.82) is 0 Å². The van der Waals surface area contributed by atoms with E-state index in [0.29, 0.717) is 11.5 Å². The van der Waals surface area contributed by atoms with E-state index in [1.165, 1.54) is 34.9 Å². The molecule has 1 aromatic rings. The van der Waals surface area contributed by atoms with Crippen molar-refractivity contribution < 1.29 is 14.7 Å². The normalized spacial score (nSPS) is 32.6. The number of hydrogen-bond acceptors (Lipinski definition) is 8. The lowest BCUT2D eigenvalue weighted by atomic mass is 9.89. The van der Waals surface area contributed by atoms with E-state index in [2.05, 4.69) is 10.2 Å². The predicted octanol–water partition coefficient (Wildman–Crippen LogP) is -0.0564. The van der Waals surface area contributed by atoms with Gasteiger partial charge in [-0.1, -0.05) is 23.1 Å². The highest BCUT2D eigenvalue weighted by atomic mass is 32.2. The second kappa shape index (κ2) is 5.17. The Bertz CT molecular complexity index is 540. The van der Waals surface area contributed by atoms with E-state index in [1.807, 2.05) is 0 Å². The zero-order valence-corrected chi connectivity index (χ0v) is 12.7. The Labute approximate surface area is 127 Å². The van der Waals surface area contributed by atoms with Crippen LogP contribution in [-0.2, 0) is 9.59 Å². The summed E-state index contributed by atoms with van der Waals surface area (Å²) in [5, 5.41) is 17.1. The lowest BCUT2D eigenvalue weighted by Crippen LogP contribution is -2.72. The van der Waals surface area contributed by atoms with Crippen LogP contribution in [0.2, 0.25) is 0 Å². The maximum atomic E-state index is 11.7. The number of carboxylic acid groups (broad SMARTS) is 1. The molecule has 0 bridgehead atoms. The number of carbonyl (C=O) groups is 2. The smallest absolute Gasteiger partial charge is 0.313 e. The average Bonchev–Trinajstić information content (AvgIpc) is 2.97. The summed E-state index contributed by atoms with van der Waals surface area (Å²) in [6.07, 6.45) is 0. The third kappa shape index (κ3) is 2.20. The van der Waals surface area contributed by atoms with E-state index in [1.54, 1.807) is 10.4 Å². The topological polar surface area (TPSA) is 109 Å². The number of aromatic nitrogens is 2. The number of aliphatic carboxylic acids is 1. The van der Waals surface area contributed by atoms with Gasteiger partial charge in [-0.2, -0.15) is 0 Å². The SMILES string of the molecule is NC1C(=O)N2CC(CSc3nncs3)(C(=O)O)CS[C@H]12. The van der Waals surface area contributed by atoms with Crippen molar-refractivity contribution in [2.75, 3.05) is 18.1 Å². The summed E-state index contributed by atoms with van der Waals surface area (Å²) in [6.45, 7) is 0.221. The van der Waals surface area contributed by atoms with Gasteiger partial charge in [0.05, 0.1) is 0 Å². The van der Waals surface area contributed by atoms with Gasteiger partial charge in [0.1, 0.15) is 22.3 Å². The van der Waals surface area contributed by atoms with Crippen molar-refractivity contribution in [1.82, 2.24) is 15.1 Å². The summed E-state index contributed by atoms with van der Waals surface area (Å²) in [6, 6.07) is -0.484. The first-order valence-electron chi connectivity index (χ1n) is 5.83. The first-order valence-corrected chi connectivity index (χ1v) is 8.75. The van der Waals surface area contributed by atoms with Crippen LogP contribution in [0.25, 0.3) is 0 Å². The van der Waals surface area contributed by atoms with Crippen LogP contribution >= 0.6 is 34.9 Å². The molecule has 7 nitrogen and oxygen atoms in total. The van der Waals surface area contributed by atoms with Crippen molar-refractivity contribution in [3.05, 3.63) is 5.51 Å². The molecule has 0 aliphatic carbocycles. The summed E-state index contributed by atoms with van der Waals surface area (Å²) >= 11 is 4.20. The average molecular weight is 332 g/mol. The van der Waals surface area contributed by atoms with Crippen LogP contribution in [0, 0.1) is 5.41 Å². The highest BCUT2D eigenvalue weighted by Gasteiger charge is 2.55. The molecule has 3 atom stereocenters. The van der Waals surface area contributed by atoms with Crippen LogP contribution in [0.4, 0.5) is 0 Å². The molecule has 108 valence electrons. The van der Waals surface area contributed by atoms with Crippen molar-refractivity contribution in [2.24, 2.45) is 11.1 Å². The number of rotatable bonds is 4. The van der Waals surface area contributed by atoms with Crippen LogP contribution in [0.5, 0.6) is 0 Å². The van der Waals surface area contributed by atoms with Gasteiger partial charge in [0, 0.05) is 18.1 Å². The van der Waals surface area contributed by atoms with E-state index in [4.69, 9.17) is 5.73 Å². The first-order chi connectivity index (χ1) is 9.53. The molecule has 0 spiro atoms. The number of carbonyl (C=O) groups excluding carboxylic acids is 1. The van der Waals surface area contributed by atoms with E-state index < -0.39 is 17.4 Å². The third-order valence-corrected chi connectivity index (χ3v) is 7.21. The standard InChI is InChI=1S/C10H12N4O3S3/c11-5-6(15)14-1-10(8(16)17,2-18-7(5)14)3-19-9-13-12-4-20-9/h4-5,7H,1-3,11H2,(H,16,17)/t5?,7-,10?/m1/s1. The van der Waals surface area contributed by atoms with E-state index in [0.717, 1.165) is 4.34 Å². The molecule has 3 rings (SSSR count). The molecule has 2 saturated heterocycles. The minimum Gasteiger partial charge on any atom is -0.481 e. The highest BCUT2D eigenvalue weighted by molar-refractivity contribution is 8.01. The molecule has 1 aromatic heterocycles. The Morgan fingerprint density at radius 3 is 3.15 bits per heavy atom. The van der Waals surface area contributed by atoms with Crippen LogP contribution in [0.3, 0.4) is 0 Å². The monoisotopic (exact) mass is 332 g/mol. The minimum atomic E-state index is -0.951. The highest BCUT2D eigenvalue weighted by Crippen LogP contribution is 2.43. The zero-order valence-electron chi connectivity index (χ0n) is 10.3. The molecule has 3 heterocycles. The van der Waals surface area contributed by atoms with Gasteiger partial charge in [0.25, 0.3) is 0 Å². The number of thioether (sulfide) groups is 2. The van der Waals surface area contributed by atoms with Gasteiger partial charge in [-0.25, -0.2) is 0 Å². The second-order valence-electron chi connectivity index (χ2n) is 4.77. The van der Waals surface area contributed by atoms with Crippen LogP contribution in [-0.4, -0.2) is 61.5 Å². The lowest BCUT2D eigenvalue weighted by molar-refractivity contribution is -0.155. The molecular formula is C10H12N4O3S3. The van der Waals surface area contributed by atoms with E-state index in [9.17, 15) is 14.7 Å². The number of β-lactam (4-membered cyclic amide) rings is 1. The molecular weight excluding hydrogens is 320 g/mol. The fourth-order valence-corrected chi connectivity index (χ4v) is 5.53. The quantitative estimate of drug-likeness (QED) is 0.583. The van der Waals surface area contributed by atoms with Crippen LogP contribution in [0.15, 0.2) is 9.85 Å².